The van der Waals surface area contributed by atoms with Crippen LogP contribution in [0, 0.1) is 0 Å². The fraction of sp³-hybridized carbons (Fsp3) is 0.429. The van der Waals surface area contributed by atoms with Crippen molar-refractivity contribution < 1.29 is 8.42 Å². The van der Waals surface area contributed by atoms with Gasteiger partial charge in [0.05, 0.1) is 5.75 Å². The minimum absolute atomic E-state index is 0.0101. The van der Waals surface area contributed by atoms with Crippen LogP contribution in [0.5, 0.6) is 0 Å². The van der Waals surface area contributed by atoms with E-state index in [1.165, 1.54) is 11.1 Å². The van der Waals surface area contributed by atoms with Crippen molar-refractivity contribution in [2.45, 2.75) is 25.9 Å². The lowest BCUT2D eigenvalue weighted by Crippen LogP contribution is -2.41. The highest BCUT2D eigenvalue weighted by atomic mass is 32.2. The van der Waals surface area contributed by atoms with Crippen LogP contribution >= 0.6 is 0 Å². The highest BCUT2D eigenvalue weighted by molar-refractivity contribution is 7.89. The Labute approximate surface area is 163 Å². The predicted octanol–water partition coefficient (Wildman–Crippen LogP) is 2.79. The number of rotatable bonds is 7. The van der Waals surface area contributed by atoms with Crippen molar-refractivity contribution in [3.8, 4) is 0 Å². The zero-order valence-electron chi connectivity index (χ0n) is 16.4. The molecule has 0 bridgehead atoms. The molecule has 1 heterocycles. The molecule has 1 aliphatic rings. The molecule has 5 nitrogen and oxygen atoms in total. The SMILES string of the molecule is CCS(=O)(=O)NC[C@@H](c1ccc(N(C)C)cc1)N1CCc2ccccc2C1. The Kier molecular flexibility index (Phi) is 6.19. The van der Waals surface area contributed by atoms with Gasteiger partial charge in [-0.05, 0) is 42.2 Å². The van der Waals surface area contributed by atoms with Gasteiger partial charge in [0.2, 0.25) is 10.0 Å². The highest BCUT2D eigenvalue weighted by Crippen LogP contribution is 2.28. The first-order valence-corrected chi connectivity index (χ1v) is 11.1. The zero-order valence-corrected chi connectivity index (χ0v) is 17.2. The number of benzene rings is 2. The van der Waals surface area contributed by atoms with Gasteiger partial charge in [-0.25, -0.2) is 13.1 Å². The van der Waals surface area contributed by atoms with E-state index >= 15 is 0 Å². The highest BCUT2D eigenvalue weighted by Gasteiger charge is 2.26. The smallest absolute Gasteiger partial charge is 0.211 e. The summed E-state index contributed by atoms with van der Waals surface area (Å²) in [7, 11) is 0.806. The molecule has 0 spiro atoms. The van der Waals surface area contributed by atoms with Gasteiger partial charge in [0.15, 0.2) is 0 Å². The first kappa shape index (κ1) is 19.9. The monoisotopic (exact) mass is 387 g/mol. The van der Waals surface area contributed by atoms with Crippen molar-refractivity contribution in [3.63, 3.8) is 0 Å². The first-order valence-electron chi connectivity index (χ1n) is 9.45. The molecule has 0 unspecified atom stereocenters. The summed E-state index contributed by atoms with van der Waals surface area (Å²) in [4.78, 5) is 4.45. The Morgan fingerprint density at radius 1 is 1.07 bits per heavy atom. The van der Waals surface area contributed by atoms with Gasteiger partial charge in [0.1, 0.15) is 0 Å². The van der Waals surface area contributed by atoms with Crippen molar-refractivity contribution in [2.24, 2.45) is 0 Å². The summed E-state index contributed by atoms with van der Waals surface area (Å²) in [5.74, 6) is 0.0993. The minimum Gasteiger partial charge on any atom is -0.378 e. The van der Waals surface area contributed by atoms with E-state index in [-0.39, 0.29) is 11.8 Å². The molecule has 0 saturated heterocycles. The van der Waals surface area contributed by atoms with E-state index in [2.05, 4.69) is 63.1 Å². The molecule has 1 N–H and O–H groups in total. The Morgan fingerprint density at radius 2 is 1.74 bits per heavy atom. The topological polar surface area (TPSA) is 52.7 Å². The van der Waals surface area contributed by atoms with E-state index in [1.54, 1.807) is 6.92 Å². The molecule has 2 aromatic carbocycles. The van der Waals surface area contributed by atoms with Crippen molar-refractivity contribution in [1.82, 2.24) is 9.62 Å². The largest absolute Gasteiger partial charge is 0.378 e. The van der Waals surface area contributed by atoms with Gasteiger partial charge in [-0.2, -0.15) is 0 Å². The van der Waals surface area contributed by atoms with Crippen LogP contribution < -0.4 is 9.62 Å². The number of fused-ring (bicyclic) bond motifs is 1. The predicted molar refractivity (Wildman–Crippen MR) is 112 cm³/mol. The molecule has 0 aliphatic carbocycles. The molecule has 0 radical (unpaired) electrons. The van der Waals surface area contributed by atoms with Crippen molar-refractivity contribution in [2.75, 3.05) is 37.8 Å². The quantitative estimate of drug-likeness (QED) is 0.794. The van der Waals surface area contributed by atoms with Crippen LogP contribution in [-0.4, -0.2) is 46.3 Å². The second-order valence-corrected chi connectivity index (χ2v) is 9.34. The fourth-order valence-electron chi connectivity index (χ4n) is 3.54. The van der Waals surface area contributed by atoms with Gasteiger partial charge in [-0.1, -0.05) is 36.4 Å². The molecule has 146 valence electrons. The molecule has 1 atom stereocenters. The van der Waals surface area contributed by atoms with Crippen molar-refractivity contribution in [3.05, 3.63) is 65.2 Å². The minimum atomic E-state index is -3.23. The summed E-state index contributed by atoms with van der Waals surface area (Å²) in [6.07, 6.45) is 0.989. The molecule has 27 heavy (non-hydrogen) atoms. The lowest BCUT2D eigenvalue weighted by molar-refractivity contribution is 0.180. The maximum atomic E-state index is 12.0. The Balaban J connectivity index is 1.85. The van der Waals surface area contributed by atoms with Crippen LogP contribution in [0.15, 0.2) is 48.5 Å². The zero-order chi connectivity index (χ0) is 19.4. The average molecular weight is 388 g/mol. The van der Waals surface area contributed by atoms with Gasteiger partial charge in [-0.15, -0.1) is 0 Å². The van der Waals surface area contributed by atoms with Gasteiger partial charge >= 0.3 is 0 Å². The number of nitrogens with one attached hydrogen (secondary N) is 1. The Hall–Kier alpha value is -1.89. The van der Waals surface area contributed by atoms with E-state index < -0.39 is 10.0 Å². The van der Waals surface area contributed by atoms with Gasteiger partial charge in [-0.3, -0.25) is 4.90 Å². The van der Waals surface area contributed by atoms with Crippen molar-refractivity contribution in [1.29, 1.82) is 0 Å². The van der Waals surface area contributed by atoms with E-state index in [1.807, 2.05) is 14.1 Å². The third-order valence-corrected chi connectivity index (χ3v) is 6.64. The maximum absolute atomic E-state index is 12.0. The molecule has 3 rings (SSSR count). The fourth-order valence-corrected chi connectivity index (χ4v) is 4.16. The van der Waals surface area contributed by atoms with E-state index in [0.29, 0.717) is 6.54 Å². The van der Waals surface area contributed by atoms with Crippen LogP contribution in [0.4, 0.5) is 5.69 Å². The summed E-state index contributed by atoms with van der Waals surface area (Å²) in [6, 6.07) is 16.9. The molecule has 1 aliphatic heterocycles. The number of hydrogen-bond acceptors (Lipinski definition) is 4. The molecule has 0 saturated carbocycles. The number of anilines is 1. The third-order valence-electron chi connectivity index (χ3n) is 5.27. The van der Waals surface area contributed by atoms with Crippen LogP contribution in [-0.2, 0) is 23.0 Å². The Bertz CT molecular complexity index is 863. The summed E-state index contributed by atoms with van der Waals surface area (Å²) in [5, 5.41) is 0. The molecular formula is C21H29N3O2S. The van der Waals surface area contributed by atoms with E-state index in [9.17, 15) is 8.42 Å². The lowest BCUT2D eigenvalue weighted by atomic mass is 9.96. The third kappa shape index (κ3) is 4.89. The summed E-state index contributed by atoms with van der Waals surface area (Å²) >= 11 is 0. The second-order valence-electron chi connectivity index (χ2n) is 7.24. The summed E-state index contributed by atoms with van der Waals surface area (Å²) in [6.45, 7) is 3.81. The average Bonchev–Trinajstić information content (AvgIpc) is 2.68. The van der Waals surface area contributed by atoms with Crippen LogP contribution in [0.1, 0.15) is 29.7 Å². The molecule has 6 heteroatoms. The van der Waals surface area contributed by atoms with Crippen LogP contribution in [0.3, 0.4) is 0 Å². The summed E-state index contributed by atoms with van der Waals surface area (Å²) in [5.41, 5.74) is 5.00. The number of sulfonamides is 1. The standard InChI is InChI=1S/C21H29N3O2S/c1-4-27(25,26)22-15-21(18-9-11-20(12-10-18)23(2)3)24-14-13-17-7-5-6-8-19(17)16-24/h5-12,21-22H,4,13-16H2,1-3H3/t21-/m0/s1. The maximum Gasteiger partial charge on any atom is 0.211 e. The van der Waals surface area contributed by atoms with Gasteiger partial charge < -0.3 is 4.90 Å². The number of nitrogens with zero attached hydrogens (tertiary/aromatic N) is 2. The van der Waals surface area contributed by atoms with Gasteiger partial charge in [0, 0.05) is 45.5 Å². The molecule has 0 aromatic heterocycles. The molecule has 0 fully saturated rings. The molecule has 2 aromatic rings. The van der Waals surface area contributed by atoms with Crippen molar-refractivity contribution >= 4 is 15.7 Å². The number of hydrogen-bond donors (Lipinski definition) is 1. The Morgan fingerprint density at radius 3 is 2.37 bits per heavy atom. The van der Waals surface area contributed by atoms with E-state index in [4.69, 9.17) is 0 Å². The second kappa shape index (κ2) is 8.42. The summed E-state index contributed by atoms with van der Waals surface area (Å²) < 4.78 is 26.8. The molecule has 0 amide bonds. The van der Waals surface area contributed by atoms with E-state index in [0.717, 1.165) is 30.8 Å². The van der Waals surface area contributed by atoms with Gasteiger partial charge in [0.25, 0.3) is 0 Å². The van der Waals surface area contributed by atoms with Crippen LogP contribution in [0.25, 0.3) is 0 Å². The first-order chi connectivity index (χ1) is 12.9. The van der Waals surface area contributed by atoms with Crippen LogP contribution in [0.2, 0.25) is 0 Å². The lowest BCUT2D eigenvalue weighted by Gasteiger charge is -2.36. The molecular weight excluding hydrogens is 358 g/mol. The normalized spacial score (nSPS) is 16.0.